The maximum absolute atomic E-state index is 12.9. The van der Waals surface area contributed by atoms with Crippen molar-refractivity contribution < 1.29 is 13.2 Å². The molecule has 2 aromatic carbocycles. The van der Waals surface area contributed by atoms with Gasteiger partial charge in [0.25, 0.3) is 0 Å². The average molecular weight is 460 g/mol. The first kappa shape index (κ1) is 24.7. The van der Waals surface area contributed by atoms with Gasteiger partial charge in [-0.05, 0) is 37.6 Å². The summed E-state index contributed by atoms with van der Waals surface area (Å²) in [6, 6.07) is 17.0. The van der Waals surface area contributed by atoms with E-state index in [-0.39, 0.29) is 6.17 Å². The number of rotatable bonds is 10. The van der Waals surface area contributed by atoms with Crippen molar-refractivity contribution in [1.29, 1.82) is 0 Å². The van der Waals surface area contributed by atoms with E-state index in [1.54, 1.807) is 28.6 Å². The van der Waals surface area contributed by atoms with Gasteiger partial charge in [-0.2, -0.15) is 4.31 Å². The molecule has 0 N–H and O–H groups in total. The monoisotopic (exact) mass is 459 g/mol. The van der Waals surface area contributed by atoms with Crippen LogP contribution in [0.25, 0.3) is 0 Å². The number of nitrogens with zero attached hydrogens (tertiary/aromatic N) is 3. The average Bonchev–Trinajstić information content (AvgIpc) is 2.80. The Labute approximate surface area is 193 Å². The predicted molar refractivity (Wildman–Crippen MR) is 129 cm³/mol. The molecule has 0 radical (unpaired) electrons. The van der Waals surface area contributed by atoms with Gasteiger partial charge in [0.1, 0.15) is 5.75 Å². The van der Waals surface area contributed by atoms with Crippen LogP contribution in [0, 0.1) is 5.92 Å². The molecule has 1 aliphatic rings. The van der Waals surface area contributed by atoms with Gasteiger partial charge in [-0.1, -0.05) is 57.2 Å². The Morgan fingerprint density at radius 2 is 1.59 bits per heavy atom. The van der Waals surface area contributed by atoms with Crippen LogP contribution in [0.2, 0.25) is 0 Å². The van der Waals surface area contributed by atoms with Crippen molar-refractivity contribution in [2.75, 3.05) is 39.8 Å². The topological polar surface area (TPSA) is 53.1 Å². The van der Waals surface area contributed by atoms with Gasteiger partial charge >= 0.3 is 0 Å². The minimum absolute atomic E-state index is 0.245. The molecule has 2 aromatic rings. The summed E-state index contributed by atoms with van der Waals surface area (Å²) < 4.78 is 33.5. The van der Waals surface area contributed by atoms with Crippen LogP contribution in [0.15, 0.2) is 59.5 Å². The van der Waals surface area contributed by atoms with E-state index in [0.717, 1.165) is 31.8 Å². The Kier molecular flexibility index (Phi) is 8.71. The van der Waals surface area contributed by atoms with Gasteiger partial charge in [0.2, 0.25) is 10.0 Å². The summed E-state index contributed by atoms with van der Waals surface area (Å²) in [5.74, 6) is 1.43. The Bertz CT molecular complexity index is 942. The molecule has 7 heteroatoms. The van der Waals surface area contributed by atoms with Crippen LogP contribution in [0.3, 0.4) is 0 Å². The fraction of sp³-hybridized carbons (Fsp3) is 0.520. The highest BCUT2D eigenvalue weighted by Crippen LogP contribution is 2.24. The van der Waals surface area contributed by atoms with Gasteiger partial charge in [0.15, 0.2) is 0 Å². The molecular formula is C25H37N3O3S. The Morgan fingerprint density at radius 3 is 2.22 bits per heavy atom. The van der Waals surface area contributed by atoms with Crippen molar-refractivity contribution in [3.8, 4) is 5.75 Å². The number of sulfonamides is 1. The number of hydrogen-bond acceptors (Lipinski definition) is 5. The maximum Gasteiger partial charge on any atom is 0.243 e. The zero-order valence-corrected chi connectivity index (χ0v) is 20.6. The lowest BCUT2D eigenvalue weighted by Crippen LogP contribution is -2.55. The van der Waals surface area contributed by atoms with E-state index in [9.17, 15) is 8.42 Å². The molecule has 0 aliphatic carbocycles. The summed E-state index contributed by atoms with van der Waals surface area (Å²) in [6.07, 6.45) is 1.21. The summed E-state index contributed by atoms with van der Waals surface area (Å²) in [6.45, 7) is 10.5. The first-order valence-electron chi connectivity index (χ1n) is 11.5. The van der Waals surface area contributed by atoms with Crippen LogP contribution in [0.4, 0.5) is 0 Å². The third-order valence-electron chi connectivity index (χ3n) is 5.91. The molecule has 0 saturated carbocycles. The fourth-order valence-corrected chi connectivity index (χ4v) is 5.68. The third kappa shape index (κ3) is 6.10. The van der Waals surface area contributed by atoms with Crippen LogP contribution >= 0.6 is 0 Å². The molecule has 0 spiro atoms. The van der Waals surface area contributed by atoms with Crippen molar-refractivity contribution >= 4 is 10.0 Å². The zero-order chi connectivity index (χ0) is 23.1. The minimum Gasteiger partial charge on any atom is -0.493 e. The van der Waals surface area contributed by atoms with Crippen molar-refractivity contribution in [3.05, 3.63) is 60.2 Å². The molecule has 32 heavy (non-hydrogen) atoms. The first-order chi connectivity index (χ1) is 15.3. The van der Waals surface area contributed by atoms with Gasteiger partial charge in [-0.25, -0.2) is 8.42 Å². The van der Waals surface area contributed by atoms with Gasteiger partial charge in [-0.15, -0.1) is 0 Å². The van der Waals surface area contributed by atoms with Crippen LogP contribution in [-0.2, 0) is 16.6 Å². The minimum atomic E-state index is -3.43. The molecule has 1 aliphatic heterocycles. The molecule has 1 heterocycles. The SMILES string of the molecule is CCC(N(C)Cc1ccccc1OCC(C)C)N1CCN(S(=O)(=O)c2ccccc2)CC1. The summed E-state index contributed by atoms with van der Waals surface area (Å²) >= 11 is 0. The third-order valence-corrected chi connectivity index (χ3v) is 7.83. The van der Waals surface area contributed by atoms with Crippen LogP contribution < -0.4 is 4.74 Å². The standard InChI is InChI=1S/C25H37N3O3S/c1-5-25(26(4)19-22-11-9-10-14-24(22)31-20-21(2)3)27-15-17-28(18-16-27)32(29,30)23-12-7-6-8-13-23/h6-14,21,25H,5,15-20H2,1-4H3. The summed E-state index contributed by atoms with van der Waals surface area (Å²) in [7, 11) is -1.29. The number of piperazine rings is 1. The van der Waals surface area contributed by atoms with Crippen LogP contribution in [0.5, 0.6) is 5.75 Å². The highest BCUT2D eigenvalue weighted by Gasteiger charge is 2.31. The molecule has 0 bridgehead atoms. The second-order valence-corrected chi connectivity index (χ2v) is 10.8. The van der Waals surface area contributed by atoms with Crippen molar-refractivity contribution in [1.82, 2.24) is 14.1 Å². The molecule has 1 unspecified atom stereocenters. The number of ether oxygens (including phenoxy) is 1. The summed E-state index contributed by atoms with van der Waals surface area (Å²) in [4.78, 5) is 5.11. The van der Waals surface area contributed by atoms with Gasteiger partial charge in [0, 0.05) is 38.3 Å². The molecule has 0 aromatic heterocycles. The van der Waals surface area contributed by atoms with Crippen LogP contribution in [0.1, 0.15) is 32.8 Å². The Morgan fingerprint density at radius 1 is 0.969 bits per heavy atom. The largest absolute Gasteiger partial charge is 0.493 e. The van der Waals surface area contributed by atoms with Crippen LogP contribution in [-0.4, -0.2) is 68.5 Å². The van der Waals surface area contributed by atoms with E-state index in [2.05, 4.69) is 49.8 Å². The zero-order valence-electron chi connectivity index (χ0n) is 19.8. The first-order valence-corrected chi connectivity index (χ1v) is 13.0. The Balaban J connectivity index is 1.62. The molecule has 1 fully saturated rings. The van der Waals surface area contributed by atoms with Crippen molar-refractivity contribution in [2.45, 2.75) is 44.8 Å². The van der Waals surface area contributed by atoms with Gasteiger partial charge in [0.05, 0.1) is 17.7 Å². The molecule has 1 saturated heterocycles. The lowest BCUT2D eigenvalue weighted by atomic mass is 10.1. The number of hydrogen-bond donors (Lipinski definition) is 0. The Hall–Kier alpha value is -1.93. The van der Waals surface area contributed by atoms with Gasteiger partial charge in [-0.3, -0.25) is 9.80 Å². The normalized spacial score (nSPS) is 17.1. The highest BCUT2D eigenvalue weighted by atomic mass is 32.2. The van der Waals surface area contributed by atoms with Gasteiger partial charge < -0.3 is 4.74 Å². The fourth-order valence-electron chi connectivity index (χ4n) is 4.24. The smallest absolute Gasteiger partial charge is 0.243 e. The van der Waals surface area contributed by atoms with E-state index < -0.39 is 10.0 Å². The second-order valence-electron chi connectivity index (χ2n) is 8.87. The van der Waals surface area contributed by atoms with E-state index in [1.807, 2.05) is 18.2 Å². The summed E-state index contributed by atoms with van der Waals surface area (Å²) in [5, 5.41) is 0. The second kappa shape index (κ2) is 11.3. The molecule has 6 nitrogen and oxygen atoms in total. The van der Waals surface area contributed by atoms with Crippen molar-refractivity contribution in [2.24, 2.45) is 5.92 Å². The summed E-state index contributed by atoms with van der Waals surface area (Å²) in [5.41, 5.74) is 1.18. The molecule has 1 atom stereocenters. The van der Waals surface area contributed by atoms with Crippen molar-refractivity contribution in [3.63, 3.8) is 0 Å². The molecule has 176 valence electrons. The number of benzene rings is 2. The van der Waals surface area contributed by atoms with E-state index in [4.69, 9.17) is 4.74 Å². The molecule has 3 rings (SSSR count). The van der Waals surface area contributed by atoms with E-state index in [0.29, 0.717) is 30.5 Å². The maximum atomic E-state index is 12.9. The quantitative estimate of drug-likeness (QED) is 0.539. The van der Waals surface area contributed by atoms with E-state index in [1.165, 1.54) is 5.56 Å². The number of para-hydroxylation sites is 1. The molecular weight excluding hydrogens is 422 g/mol. The highest BCUT2D eigenvalue weighted by molar-refractivity contribution is 7.89. The van der Waals surface area contributed by atoms with E-state index >= 15 is 0 Å². The lowest BCUT2D eigenvalue weighted by Gasteiger charge is -2.42. The lowest BCUT2D eigenvalue weighted by molar-refractivity contribution is 0.0293. The molecule has 0 amide bonds. The predicted octanol–water partition coefficient (Wildman–Crippen LogP) is 3.90.